The molecule has 0 aromatic rings. The van der Waals surface area contributed by atoms with E-state index in [1.165, 1.54) is 35.6 Å². The van der Waals surface area contributed by atoms with Crippen molar-refractivity contribution in [3.05, 3.63) is 35.1 Å². The van der Waals surface area contributed by atoms with Crippen LogP contribution in [0.3, 0.4) is 0 Å². The molecule has 0 amide bonds. The van der Waals surface area contributed by atoms with Crippen LogP contribution in [0.1, 0.15) is 58.3 Å². The fourth-order valence-electron chi connectivity index (χ4n) is 4.79. The number of nitrogens with zero attached hydrogens (tertiary/aromatic N) is 1. The van der Waals surface area contributed by atoms with E-state index in [1.807, 2.05) is 0 Å². The first kappa shape index (κ1) is 17.8. The number of Topliss-reactive ketones (excluding diaryl/α,β-unsaturated/α-hetero) is 1. The second-order valence-electron chi connectivity index (χ2n) is 7.57. The number of carbonyl (C=O) groups excluding carboxylic acids is 1. The van der Waals surface area contributed by atoms with Gasteiger partial charge in [0.1, 0.15) is 0 Å². The van der Waals surface area contributed by atoms with E-state index in [1.54, 1.807) is 5.57 Å². The number of ketones is 1. The molecule has 0 aromatic carbocycles. The van der Waals surface area contributed by atoms with Gasteiger partial charge in [0.2, 0.25) is 0 Å². The van der Waals surface area contributed by atoms with E-state index in [4.69, 9.17) is 0 Å². The fourth-order valence-corrected chi connectivity index (χ4v) is 8.41. The van der Waals surface area contributed by atoms with Crippen molar-refractivity contribution in [1.82, 2.24) is 4.90 Å². The molecular formula is C21H29NOS2. The van der Waals surface area contributed by atoms with Crippen molar-refractivity contribution in [3.8, 4) is 0 Å². The number of rotatable bonds is 2. The molecule has 4 heteroatoms. The van der Waals surface area contributed by atoms with Gasteiger partial charge in [-0.05, 0) is 56.5 Å². The van der Waals surface area contributed by atoms with Gasteiger partial charge in [0.15, 0.2) is 5.78 Å². The molecule has 0 saturated carbocycles. The Labute approximate surface area is 160 Å². The van der Waals surface area contributed by atoms with E-state index < -0.39 is 0 Å². The number of hydrogen-bond donors (Lipinski definition) is 0. The van der Waals surface area contributed by atoms with Gasteiger partial charge in [-0.1, -0.05) is 30.7 Å². The van der Waals surface area contributed by atoms with Crippen molar-refractivity contribution in [2.45, 2.75) is 68.4 Å². The smallest absolute Gasteiger partial charge is 0.162 e. The normalized spacial score (nSPS) is 30.9. The summed E-state index contributed by atoms with van der Waals surface area (Å²) in [7, 11) is 0. The number of thioether (sulfide) groups is 2. The number of fused-ring (bicyclic) bond motifs is 3. The Hall–Kier alpha value is -0.610. The van der Waals surface area contributed by atoms with Crippen molar-refractivity contribution in [1.29, 1.82) is 0 Å². The van der Waals surface area contributed by atoms with Crippen molar-refractivity contribution >= 4 is 29.3 Å². The molecule has 1 spiro atoms. The number of allylic oxidation sites excluding steroid dienone is 4. The molecule has 2 fully saturated rings. The van der Waals surface area contributed by atoms with Gasteiger partial charge in [-0.25, -0.2) is 0 Å². The Morgan fingerprint density at radius 2 is 2.04 bits per heavy atom. The molecule has 3 aliphatic heterocycles. The summed E-state index contributed by atoms with van der Waals surface area (Å²) in [6.45, 7) is 3.29. The third kappa shape index (κ3) is 3.37. The summed E-state index contributed by atoms with van der Waals surface area (Å²) in [6.07, 6.45) is 15.7. The largest absolute Gasteiger partial charge is 0.371 e. The zero-order chi connectivity index (χ0) is 17.3. The van der Waals surface area contributed by atoms with Gasteiger partial charge in [-0.2, -0.15) is 0 Å². The van der Waals surface area contributed by atoms with Gasteiger partial charge in [0.25, 0.3) is 0 Å². The van der Waals surface area contributed by atoms with Gasteiger partial charge in [-0.3, -0.25) is 4.79 Å². The summed E-state index contributed by atoms with van der Waals surface area (Å²) in [5.74, 6) is 2.88. The fraction of sp³-hybridized carbons (Fsp3) is 0.667. The van der Waals surface area contributed by atoms with Crippen LogP contribution in [0.4, 0.5) is 0 Å². The van der Waals surface area contributed by atoms with Crippen LogP contribution in [0.2, 0.25) is 0 Å². The summed E-state index contributed by atoms with van der Waals surface area (Å²) in [5, 5.41) is 0. The Kier molecular flexibility index (Phi) is 5.38. The molecule has 1 aliphatic carbocycles. The van der Waals surface area contributed by atoms with Crippen LogP contribution in [0.5, 0.6) is 0 Å². The van der Waals surface area contributed by atoms with E-state index in [9.17, 15) is 4.79 Å². The first-order chi connectivity index (χ1) is 12.2. The molecule has 3 heterocycles. The lowest BCUT2D eigenvalue weighted by molar-refractivity contribution is -0.116. The zero-order valence-electron chi connectivity index (χ0n) is 15.3. The van der Waals surface area contributed by atoms with Crippen LogP contribution in [-0.2, 0) is 4.79 Å². The third-order valence-corrected chi connectivity index (χ3v) is 9.26. The molecule has 4 aliphatic rings. The number of piperidine rings is 1. The Morgan fingerprint density at radius 3 is 2.84 bits per heavy atom. The summed E-state index contributed by atoms with van der Waals surface area (Å²) >= 11 is 4.16. The molecule has 1 atom stereocenters. The van der Waals surface area contributed by atoms with Gasteiger partial charge < -0.3 is 4.90 Å². The second-order valence-corrected chi connectivity index (χ2v) is 10.6. The van der Waals surface area contributed by atoms with Gasteiger partial charge >= 0.3 is 0 Å². The van der Waals surface area contributed by atoms with E-state index in [0.29, 0.717) is 11.8 Å². The molecule has 0 aromatic heterocycles. The van der Waals surface area contributed by atoms with Crippen LogP contribution in [0, 0.1) is 0 Å². The van der Waals surface area contributed by atoms with Gasteiger partial charge in [0.05, 0.1) is 4.08 Å². The van der Waals surface area contributed by atoms with Crippen molar-refractivity contribution in [2.75, 3.05) is 18.1 Å². The SMILES string of the molecule is CC/C=C\C=C1\CCN2C3=C(C(=O)CCC3)C3(CC2C1)SCCCS3. The monoisotopic (exact) mass is 375 g/mol. The van der Waals surface area contributed by atoms with Crippen molar-refractivity contribution < 1.29 is 4.79 Å². The lowest BCUT2D eigenvalue weighted by Crippen LogP contribution is -2.52. The molecule has 1 unspecified atom stereocenters. The predicted octanol–water partition coefficient (Wildman–Crippen LogP) is 5.32. The quantitative estimate of drug-likeness (QED) is 0.650. The molecule has 25 heavy (non-hydrogen) atoms. The standard InChI is InChI=1S/C21H29NOS2/c1-2-3-4-7-16-10-11-22-17(14-16)15-21(24-12-6-13-25-21)20-18(22)8-5-9-19(20)23/h3-4,7,17H,2,5-6,8-15H2,1H3/b4-3-,16-7-. The number of carbonyl (C=O) groups is 1. The molecule has 2 saturated heterocycles. The van der Waals surface area contributed by atoms with Crippen molar-refractivity contribution in [3.63, 3.8) is 0 Å². The lowest BCUT2D eigenvalue weighted by atomic mass is 9.81. The maximum atomic E-state index is 12.9. The van der Waals surface area contributed by atoms with E-state index in [-0.39, 0.29) is 4.08 Å². The molecule has 136 valence electrons. The Bertz CT molecular complexity index is 628. The second kappa shape index (κ2) is 7.56. The predicted molar refractivity (Wildman–Crippen MR) is 110 cm³/mol. The molecule has 0 N–H and O–H groups in total. The lowest BCUT2D eigenvalue weighted by Gasteiger charge is -2.53. The average molecular weight is 376 g/mol. The summed E-state index contributed by atoms with van der Waals surface area (Å²) in [6, 6.07) is 0.595. The maximum Gasteiger partial charge on any atom is 0.162 e. The summed E-state index contributed by atoms with van der Waals surface area (Å²) < 4.78 is 0.0635. The molecule has 0 bridgehead atoms. The van der Waals surface area contributed by atoms with Crippen LogP contribution in [-0.4, -0.2) is 38.9 Å². The summed E-state index contributed by atoms with van der Waals surface area (Å²) in [4.78, 5) is 15.5. The summed E-state index contributed by atoms with van der Waals surface area (Å²) in [5.41, 5.74) is 4.25. The third-order valence-electron chi connectivity index (χ3n) is 5.89. The molecule has 2 nitrogen and oxygen atoms in total. The van der Waals surface area contributed by atoms with E-state index >= 15 is 0 Å². The minimum Gasteiger partial charge on any atom is -0.371 e. The molecular weight excluding hydrogens is 346 g/mol. The number of hydrogen-bond acceptors (Lipinski definition) is 4. The van der Waals surface area contributed by atoms with E-state index in [0.717, 1.165) is 45.1 Å². The Morgan fingerprint density at radius 1 is 1.20 bits per heavy atom. The van der Waals surface area contributed by atoms with E-state index in [2.05, 4.69) is 53.6 Å². The first-order valence-electron chi connectivity index (χ1n) is 9.89. The highest BCUT2D eigenvalue weighted by Gasteiger charge is 2.50. The minimum atomic E-state index is 0.0635. The van der Waals surface area contributed by atoms with Crippen molar-refractivity contribution in [2.24, 2.45) is 0 Å². The zero-order valence-corrected chi connectivity index (χ0v) is 16.9. The average Bonchev–Trinajstić information content (AvgIpc) is 2.62. The van der Waals surface area contributed by atoms with Gasteiger partial charge in [0, 0.05) is 30.3 Å². The topological polar surface area (TPSA) is 20.3 Å². The highest BCUT2D eigenvalue weighted by atomic mass is 32.2. The first-order valence-corrected chi connectivity index (χ1v) is 11.9. The highest BCUT2D eigenvalue weighted by molar-refractivity contribution is 8.19. The van der Waals surface area contributed by atoms with Crippen LogP contribution < -0.4 is 0 Å². The van der Waals surface area contributed by atoms with Crippen LogP contribution in [0.15, 0.2) is 35.1 Å². The minimum absolute atomic E-state index is 0.0635. The van der Waals surface area contributed by atoms with Crippen LogP contribution in [0.25, 0.3) is 0 Å². The highest BCUT2D eigenvalue weighted by Crippen LogP contribution is 2.57. The van der Waals surface area contributed by atoms with Crippen LogP contribution >= 0.6 is 23.5 Å². The van der Waals surface area contributed by atoms with Gasteiger partial charge in [-0.15, -0.1) is 23.5 Å². The molecule has 4 rings (SSSR count). The maximum absolute atomic E-state index is 12.9. The Balaban J connectivity index is 1.66. The molecule has 0 radical (unpaired) electrons.